The Labute approximate surface area is 122 Å². The van der Waals surface area contributed by atoms with Crippen molar-refractivity contribution in [3.8, 4) is 0 Å². The van der Waals surface area contributed by atoms with E-state index in [0.29, 0.717) is 12.1 Å². The number of morpholine rings is 1. The summed E-state index contributed by atoms with van der Waals surface area (Å²) in [6, 6.07) is 1.07. The van der Waals surface area contributed by atoms with Crippen molar-refractivity contribution in [3.63, 3.8) is 0 Å². The highest BCUT2D eigenvalue weighted by molar-refractivity contribution is 14.1. The molecule has 3 nitrogen and oxygen atoms in total. The number of fused-ring (bicyclic) bond motifs is 2. The van der Waals surface area contributed by atoms with Crippen molar-refractivity contribution in [2.75, 3.05) is 13.2 Å². The zero-order valence-corrected chi connectivity index (χ0v) is 12.9. The van der Waals surface area contributed by atoms with Gasteiger partial charge in [-0.2, -0.15) is 0 Å². The van der Waals surface area contributed by atoms with Crippen LogP contribution in [-0.4, -0.2) is 35.9 Å². The fraction of sp³-hybridized carbons (Fsp3) is 0.643. The van der Waals surface area contributed by atoms with Crippen LogP contribution in [0.1, 0.15) is 32.6 Å². The van der Waals surface area contributed by atoms with Crippen LogP contribution in [0.4, 0.5) is 0 Å². The summed E-state index contributed by atoms with van der Waals surface area (Å²) in [6.07, 6.45) is 9.21. The third-order valence-electron chi connectivity index (χ3n) is 3.92. The van der Waals surface area contributed by atoms with E-state index in [1.165, 1.54) is 22.1 Å². The van der Waals surface area contributed by atoms with Crippen molar-refractivity contribution in [1.82, 2.24) is 4.90 Å². The quantitative estimate of drug-likeness (QED) is 0.673. The fourth-order valence-electron chi connectivity index (χ4n) is 3.02. The van der Waals surface area contributed by atoms with E-state index < -0.39 is 0 Å². The van der Waals surface area contributed by atoms with E-state index >= 15 is 0 Å². The molecule has 0 aromatic rings. The Morgan fingerprint density at radius 1 is 1.33 bits per heavy atom. The minimum atomic E-state index is 0.537. The molecule has 0 saturated carbocycles. The van der Waals surface area contributed by atoms with Crippen molar-refractivity contribution in [2.45, 2.75) is 44.7 Å². The molecule has 18 heavy (non-hydrogen) atoms. The molecule has 4 heteroatoms. The van der Waals surface area contributed by atoms with E-state index in [2.05, 4.69) is 46.6 Å². The topological polar surface area (TPSA) is 24.8 Å². The number of allylic oxidation sites excluding steroid dienone is 3. The van der Waals surface area contributed by atoms with Gasteiger partial charge in [-0.3, -0.25) is 0 Å². The molecule has 0 aromatic carbocycles. The molecule has 0 N–H and O–H groups in total. The Morgan fingerprint density at radius 3 is 2.78 bits per heavy atom. The van der Waals surface area contributed by atoms with Gasteiger partial charge >= 0.3 is 0 Å². The van der Waals surface area contributed by atoms with E-state index in [1.807, 2.05) is 0 Å². The van der Waals surface area contributed by atoms with Gasteiger partial charge in [0, 0.05) is 9.29 Å². The van der Waals surface area contributed by atoms with Crippen molar-refractivity contribution in [2.24, 2.45) is 4.99 Å². The Balaban J connectivity index is 1.93. The second-order valence-corrected chi connectivity index (χ2v) is 6.55. The Hall–Kier alpha value is -0.360. The largest absolute Gasteiger partial charge is 0.377 e. The van der Waals surface area contributed by atoms with Gasteiger partial charge in [0.2, 0.25) is 0 Å². The molecule has 3 aliphatic rings. The van der Waals surface area contributed by atoms with Crippen LogP contribution in [0, 0.1) is 0 Å². The van der Waals surface area contributed by atoms with E-state index in [1.54, 1.807) is 0 Å². The molecule has 0 amide bonds. The molecule has 2 saturated heterocycles. The maximum atomic E-state index is 5.65. The molecule has 3 aliphatic heterocycles. The summed E-state index contributed by atoms with van der Waals surface area (Å²) in [5, 5.41) is 0. The first-order chi connectivity index (χ1) is 8.74. The highest BCUT2D eigenvalue weighted by Gasteiger charge is 2.38. The molecule has 3 rings (SSSR count). The molecule has 98 valence electrons. The molecule has 0 radical (unpaired) electrons. The van der Waals surface area contributed by atoms with Gasteiger partial charge in [0.15, 0.2) is 0 Å². The van der Waals surface area contributed by atoms with Crippen molar-refractivity contribution in [3.05, 3.63) is 21.6 Å². The summed E-state index contributed by atoms with van der Waals surface area (Å²) in [4.78, 5) is 7.36. The minimum Gasteiger partial charge on any atom is -0.377 e. The zero-order chi connectivity index (χ0) is 12.5. The minimum absolute atomic E-state index is 0.537. The number of nitrogens with zero attached hydrogens (tertiary/aromatic N) is 2. The number of hydrogen-bond acceptors (Lipinski definition) is 3. The lowest BCUT2D eigenvalue weighted by atomic mass is 10.2. The van der Waals surface area contributed by atoms with Crippen LogP contribution in [0.25, 0.3) is 0 Å². The zero-order valence-electron chi connectivity index (χ0n) is 10.7. The smallest absolute Gasteiger partial charge is 0.130 e. The lowest BCUT2D eigenvalue weighted by Gasteiger charge is -2.36. The molecular formula is C14H19IN2O. The molecule has 0 spiro atoms. The first-order valence-electron chi connectivity index (χ1n) is 6.71. The van der Waals surface area contributed by atoms with Gasteiger partial charge in [0.05, 0.1) is 25.3 Å². The molecular weight excluding hydrogens is 339 g/mol. The highest BCUT2D eigenvalue weighted by Crippen LogP contribution is 2.34. The molecule has 0 aromatic heterocycles. The van der Waals surface area contributed by atoms with Gasteiger partial charge in [0.1, 0.15) is 5.82 Å². The summed E-state index contributed by atoms with van der Waals surface area (Å²) < 4.78 is 6.96. The van der Waals surface area contributed by atoms with Crippen LogP contribution in [0.5, 0.6) is 0 Å². The van der Waals surface area contributed by atoms with Gasteiger partial charge in [-0.1, -0.05) is 6.08 Å². The normalized spacial score (nSPS) is 41.0. The number of halogens is 1. The van der Waals surface area contributed by atoms with Crippen LogP contribution in [0.3, 0.4) is 0 Å². The van der Waals surface area contributed by atoms with Crippen molar-refractivity contribution < 1.29 is 4.74 Å². The number of hydrogen-bond donors (Lipinski definition) is 0. The molecule has 0 aliphatic carbocycles. The third kappa shape index (κ3) is 2.50. The molecule has 2 unspecified atom stereocenters. The average Bonchev–Trinajstić information content (AvgIpc) is 2.55. The molecule has 3 heterocycles. The standard InChI is InChI=1S/C14H19IN2O/c1-10-3-2-4-11(15)7-14(16-10)17-12-5-6-13(17)9-18-8-12/h4,7,12-13H,2-3,5-6,8-9H2,1H3/b11-4+,14-7+,16-10-. The van der Waals surface area contributed by atoms with Gasteiger partial charge in [-0.05, 0) is 61.3 Å². The average molecular weight is 358 g/mol. The highest BCUT2D eigenvalue weighted by atomic mass is 127. The lowest BCUT2D eigenvalue weighted by Crippen LogP contribution is -2.44. The summed E-state index contributed by atoms with van der Waals surface area (Å²) in [6.45, 7) is 3.87. The van der Waals surface area contributed by atoms with Crippen LogP contribution in [0.15, 0.2) is 26.5 Å². The number of aliphatic imine (C=N–C) groups is 1. The third-order valence-corrected chi connectivity index (χ3v) is 4.67. The fourth-order valence-corrected chi connectivity index (χ4v) is 3.61. The SMILES string of the molecule is C/C1=N/C(N2C3CCC2COC3)=C\C(I)=C/CC1. The second-order valence-electron chi connectivity index (χ2n) is 5.31. The monoisotopic (exact) mass is 358 g/mol. The summed E-state index contributed by atoms with van der Waals surface area (Å²) in [7, 11) is 0. The summed E-state index contributed by atoms with van der Waals surface area (Å²) in [5.41, 5.74) is 1.24. The Kier molecular flexibility index (Phi) is 3.75. The first-order valence-corrected chi connectivity index (χ1v) is 7.79. The van der Waals surface area contributed by atoms with Gasteiger partial charge in [0.25, 0.3) is 0 Å². The Morgan fingerprint density at radius 2 is 2.06 bits per heavy atom. The summed E-state index contributed by atoms with van der Waals surface area (Å²) >= 11 is 2.41. The Bertz CT molecular complexity index is 412. The summed E-state index contributed by atoms with van der Waals surface area (Å²) in [5.74, 6) is 1.16. The van der Waals surface area contributed by atoms with Crippen molar-refractivity contribution in [1.29, 1.82) is 0 Å². The van der Waals surface area contributed by atoms with E-state index in [0.717, 1.165) is 31.9 Å². The predicted molar refractivity (Wildman–Crippen MR) is 82.0 cm³/mol. The van der Waals surface area contributed by atoms with E-state index in [-0.39, 0.29) is 0 Å². The number of rotatable bonds is 1. The van der Waals surface area contributed by atoms with E-state index in [9.17, 15) is 0 Å². The first kappa shape index (κ1) is 12.7. The van der Waals surface area contributed by atoms with Gasteiger partial charge < -0.3 is 9.64 Å². The number of ether oxygens (including phenoxy) is 1. The molecule has 2 atom stereocenters. The van der Waals surface area contributed by atoms with Crippen LogP contribution < -0.4 is 0 Å². The predicted octanol–water partition coefficient (Wildman–Crippen LogP) is 3.26. The maximum absolute atomic E-state index is 5.65. The van der Waals surface area contributed by atoms with Crippen LogP contribution >= 0.6 is 22.6 Å². The van der Waals surface area contributed by atoms with Crippen LogP contribution in [0.2, 0.25) is 0 Å². The second kappa shape index (κ2) is 5.33. The van der Waals surface area contributed by atoms with Gasteiger partial charge in [-0.15, -0.1) is 0 Å². The van der Waals surface area contributed by atoms with Crippen LogP contribution in [-0.2, 0) is 4.74 Å². The lowest BCUT2D eigenvalue weighted by molar-refractivity contribution is 0.00285. The molecule has 2 bridgehead atoms. The molecule has 2 fully saturated rings. The maximum Gasteiger partial charge on any atom is 0.130 e. The van der Waals surface area contributed by atoms with Gasteiger partial charge in [-0.25, -0.2) is 4.99 Å². The van der Waals surface area contributed by atoms with E-state index in [4.69, 9.17) is 9.73 Å². The van der Waals surface area contributed by atoms with Crippen molar-refractivity contribution >= 4 is 28.3 Å².